The van der Waals surface area contributed by atoms with Crippen LogP contribution in [-0.2, 0) is 0 Å². The van der Waals surface area contributed by atoms with Gasteiger partial charge >= 0.3 is 0 Å². The first kappa shape index (κ1) is 15.7. The number of nitrogens with two attached hydrogens (primary N) is 1. The Labute approximate surface area is 116 Å². The number of hydrogen-bond acceptors (Lipinski definition) is 5. The molecule has 1 heterocycles. The standard InChI is InChI=1S/C14H27N5/c1-13(2,3)19(6)12-9-11(16-10-17-12)18-14(4,5)7-8-15/h9-10H,7-8,15H2,1-6H3,(H,16,17,18). The van der Waals surface area contributed by atoms with E-state index in [2.05, 4.69) is 54.8 Å². The Bertz CT molecular complexity index is 409. The number of hydrogen-bond donors (Lipinski definition) is 2. The highest BCUT2D eigenvalue weighted by Gasteiger charge is 2.21. The van der Waals surface area contributed by atoms with Gasteiger partial charge in [-0.2, -0.15) is 0 Å². The molecule has 0 aliphatic carbocycles. The monoisotopic (exact) mass is 265 g/mol. The van der Waals surface area contributed by atoms with E-state index in [9.17, 15) is 0 Å². The van der Waals surface area contributed by atoms with E-state index in [1.807, 2.05) is 13.1 Å². The fourth-order valence-corrected chi connectivity index (χ4v) is 1.71. The van der Waals surface area contributed by atoms with Gasteiger partial charge in [-0.25, -0.2) is 9.97 Å². The second-order valence-electron chi connectivity index (χ2n) is 6.54. The fraction of sp³-hybridized carbons (Fsp3) is 0.714. The van der Waals surface area contributed by atoms with E-state index in [0.717, 1.165) is 18.1 Å². The first-order valence-electron chi connectivity index (χ1n) is 6.70. The number of nitrogens with one attached hydrogen (secondary N) is 1. The van der Waals surface area contributed by atoms with Crippen LogP contribution in [0.15, 0.2) is 12.4 Å². The lowest BCUT2D eigenvalue weighted by atomic mass is 10.0. The molecule has 0 unspecified atom stereocenters. The van der Waals surface area contributed by atoms with Crippen LogP contribution in [0.2, 0.25) is 0 Å². The van der Waals surface area contributed by atoms with Crippen molar-refractivity contribution in [2.24, 2.45) is 5.73 Å². The largest absolute Gasteiger partial charge is 0.365 e. The number of nitrogens with zero attached hydrogens (tertiary/aromatic N) is 3. The molecule has 0 aliphatic heterocycles. The van der Waals surface area contributed by atoms with E-state index in [-0.39, 0.29) is 11.1 Å². The highest BCUT2D eigenvalue weighted by molar-refractivity contribution is 5.50. The van der Waals surface area contributed by atoms with E-state index < -0.39 is 0 Å². The fourth-order valence-electron chi connectivity index (χ4n) is 1.71. The second-order valence-corrected chi connectivity index (χ2v) is 6.54. The van der Waals surface area contributed by atoms with Gasteiger partial charge in [-0.3, -0.25) is 0 Å². The predicted molar refractivity (Wildman–Crippen MR) is 81.6 cm³/mol. The third-order valence-corrected chi connectivity index (χ3v) is 3.24. The number of aromatic nitrogens is 2. The molecule has 0 atom stereocenters. The molecule has 1 aromatic rings. The normalized spacial score (nSPS) is 12.4. The summed E-state index contributed by atoms with van der Waals surface area (Å²) in [4.78, 5) is 10.7. The smallest absolute Gasteiger partial charge is 0.134 e. The summed E-state index contributed by atoms with van der Waals surface area (Å²) in [5.41, 5.74) is 5.58. The van der Waals surface area contributed by atoms with Crippen molar-refractivity contribution >= 4 is 11.6 Å². The Morgan fingerprint density at radius 2 is 1.84 bits per heavy atom. The third-order valence-electron chi connectivity index (χ3n) is 3.24. The minimum Gasteiger partial charge on any atom is -0.365 e. The first-order chi connectivity index (χ1) is 8.65. The maximum atomic E-state index is 5.62. The van der Waals surface area contributed by atoms with E-state index in [1.165, 1.54) is 0 Å². The number of anilines is 2. The van der Waals surface area contributed by atoms with Crippen LogP contribution in [0.1, 0.15) is 41.0 Å². The quantitative estimate of drug-likeness (QED) is 0.854. The zero-order valence-corrected chi connectivity index (χ0v) is 13.0. The topological polar surface area (TPSA) is 67.1 Å². The molecule has 3 N–H and O–H groups in total. The van der Waals surface area contributed by atoms with Crippen LogP contribution in [-0.4, -0.2) is 34.6 Å². The van der Waals surface area contributed by atoms with E-state index in [1.54, 1.807) is 6.33 Å². The predicted octanol–water partition coefficient (Wildman–Crippen LogP) is 2.25. The molecule has 19 heavy (non-hydrogen) atoms. The molecular formula is C14H27N5. The molecule has 0 bridgehead atoms. The van der Waals surface area contributed by atoms with E-state index >= 15 is 0 Å². The Morgan fingerprint density at radius 1 is 1.21 bits per heavy atom. The summed E-state index contributed by atoms with van der Waals surface area (Å²) in [6.07, 6.45) is 2.49. The van der Waals surface area contributed by atoms with Crippen LogP contribution in [0.4, 0.5) is 11.6 Å². The van der Waals surface area contributed by atoms with Gasteiger partial charge in [-0.05, 0) is 47.6 Å². The van der Waals surface area contributed by atoms with Crippen molar-refractivity contribution in [2.75, 3.05) is 23.8 Å². The van der Waals surface area contributed by atoms with Gasteiger partial charge in [0.15, 0.2) is 0 Å². The number of rotatable bonds is 5. The van der Waals surface area contributed by atoms with Gasteiger partial charge in [0.05, 0.1) is 0 Å². The Hall–Kier alpha value is -1.36. The summed E-state index contributed by atoms with van der Waals surface area (Å²) in [6, 6.07) is 1.98. The van der Waals surface area contributed by atoms with Crippen molar-refractivity contribution in [1.82, 2.24) is 9.97 Å². The van der Waals surface area contributed by atoms with Crippen molar-refractivity contribution in [3.05, 3.63) is 12.4 Å². The van der Waals surface area contributed by atoms with Gasteiger partial charge in [0.1, 0.15) is 18.0 Å². The van der Waals surface area contributed by atoms with Crippen LogP contribution < -0.4 is 16.0 Å². The van der Waals surface area contributed by atoms with Crippen molar-refractivity contribution < 1.29 is 0 Å². The highest BCUT2D eigenvalue weighted by atomic mass is 15.2. The molecule has 1 aromatic heterocycles. The molecule has 0 amide bonds. The van der Waals surface area contributed by atoms with Crippen molar-refractivity contribution in [3.63, 3.8) is 0 Å². The van der Waals surface area contributed by atoms with Crippen LogP contribution in [0, 0.1) is 0 Å². The summed E-state index contributed by atoms with van der Waals surface area (Å²) in [7, 11) is 2.04. The summed E-state index contributed by atoms with van der Waals surface area (Å²) >= 11 is 0. The van der Waals surface area contributed by atoms with Crippen molar-refractivity contribution in [3.8, 4) is 0 Å². The van der Waals surface area contributed by atoms with Gasteiger partial charge in [0.2, 0.25) is 0 Å². The lowest BCUT2D eigenvalue weighted by Gasteiger charge is -2.33. The van der Waals surface area contributed by atoms with Crippen LogP contribution in [0.5, 0.6) is 0 Å². The van der Waals surface area contributed by atoms with Crippen LogP contribution >= 0.6 is 0 Å². The average Bonchev–Trinajstić information content (AvgIpc) is 2.26. The van der Waals surface area contributed by atoms with Crippen molar-refractivity contribution in [2.45, 2.75) is 52.1 Å². The molecule has 5 heteroatoms. The Balaban J connectivity index is 2.89. The zero-order valence-electron chi connectivity index (χ0n) is 13.0. The minimum absolute atomic E-state index is 0.0262. The Kier molecular flexibility index (Phi) is 4.74. The summed E-state index contributed by atoms with van der Waals surface area (Å²) in [6.45, 7) is 11.4. The molecule has 0 fully saturated rings. The maximum absolute atomic E-state index is 5.62. The lowest BCUT2D eigenvalue weighted by molar-refractivity contribution is 0.522. The zero-order chi connectivity index (χ0) is 14.7. The third kappa shape index (κ3) is 4.67. The van der Waals surface area contributed by atoms with Crippen LogP contribution in [0.25, 0.3) is 0 Å². The molecule has 108 valence electrons. The molecule has 0 aliphatic rings. The van der Waals surface area contributed by atoms with Gasteiger partial charge in [0.25, 0.3) is 0 Å². The van der Waals surface area contributed by atoms with E-state index in [0.29, 0.717) is 6.54 Å². The molecule has 0 saturated heterocycles. The maximum Gasteiger partial charge on any atom is 0.134 e. The van der Waals surface area contributed by atoms with Gasteiger partial charge in [-0.1, -0.05) is 0 Å². The van der Waals surface area contributed by atoms with Crippen LogP contribution in [0.3, 0.4) is 0 Å². The SMILES string of the molecule is CN(c1cc(NC(C)(C)CCN)ncn1)C(C)(C)C. The molecule has 0 spiro atoms. The second kappa shape index (κ2) is 5.74. The van der Waals surface area contributed by atoms with Gasteiger partial charge < -0.3 is 16.0 Å². The first-order valence-corrected chi connectivity index (χ1v) is 6.70. The van der Waals surface area contributed by atoms with Gasteiger partial charge in [-0.15, -0.1) is 0 Å². The molecule has 5 nitrogen and oxygen atoms in total. The lowest BCUT2D eigenvalue weighted by Crippen LogP contribution is -2.39. The summed E-state index contributed by atoms with van der Waals surface area (Å²) in [5, 5.41) is 3.41. The molecular weight excluding hydrogens is 238 g/mol. The van der Waals surface area contributed by atoms with Crippen molar-refractivity contribution in [1.29, 1.82) is 0 Å². The van der Waals surface area contributed by atoms with E-state index in [4.69, 9.17) is 5.73 Å². The summed E-state index contributed by atoms with van der Waals surface area (Å²) < 4.78 is 0. The highest BCUT2D eigenvalue weighted by Crippen LogP contribution is 2.23. The van der Waals surface area contributed by atoms with Gasteiger partial charge in [0, 0.05) is 24.2 Å². The summed E-state index contributed by atoms with van der Waals surface area (Å²) in [5.74, 6) is 1.74. The Morgan fingerprint density at radius 3 is 2.37 bits per heavy atom. The molecule has 0 saturated carbocycles. The molecule has 0 aromatic carbocycles. The minimum atomic E-state index is -0.0688. The molecule has 0 radical (unpaired) electrons. The average molecular weight is 265 g/mol. The molecule has 1 rings (SSSR count).